The van der Waals surface area contributed by atoms with Gasteiger partial charge in [-0.25, -0.2) is 13.4 Å². The summed E-state index contributed by atoms with van der Waals surface area (Å²) < 4.78 is 32.1. The van der Waals surface area contributed by atoms with Crippen molar-refractivity contribution in [1.29, 1.82) is 0 Å². The Balaban J connectivity index is 1.95. The molecule has 4 atom stereocenters. The number of carbonyl (C=O) groups excluding carboxylic acids is 1. The van der Waals surface area contributed by atoms with Crippen LogP contribution in [0.25, 0.3) is 0 Å². The topological polar surface area (TPSA) is 127 Å². The van der Waals surface area contributed by atoms with Gasteiger partial charge in [0.05, 0.1) is 28.5 Å². The van der Waals surface area contributed by atoms with Gasteiger partial charge in [-0.05, 0) is 50.2 Å². The van der Waals surface area contributed by atoms with Gasteiger partial charge in [-0.3, -0.25) is 9.10 Å². The average molecular weight is 552 g/mol. The van der Waals surface area contributed by atoms with Crippen molar-refractivity contribution in [3.63, 3.8) is 0 Å². The number of rotatable bonds is 13. The van der Waals surface area contributed by atoms with Crippen molar-refractivity contribution in [3.8, 4) is 0 Å². The molecule has 1 aliphatic rings. The van der Waals surface area contributed by atoms with E-state index in [1.165, 1.54) is 7.05 Å². The molecule has 3 rings (SSSR count). The molecule has 0 radical (unpaired) electrons. The molecule has 0 bridgehead atoms. The number of anilines is 2. The lowest BCUT2D eigenvalue weighted by Gasteiger charge is -2.26. The molecule has 0 aliphatic heterocycles. The van der Waals surface area contributed by atoms with Crippen LogP contribution in [0.15, 0.2) is 36.4 Å². The summed E-state index contributed by atoms with van der Waals surface area (Å²) in [6, 6.07) is 10.3. The lowest BCUT2D eigenvalue weighted by Crippen LogP contribution is -2.51. The second-order valence-electron chi connectivity index (χ2n) is 10.00. The Labute approximate surface area is 225 Å². The summed E-state index contributed by atoms with van der Waals surface area (Å²) in [5.41, 5.74) is 7.48. The van der Waals surface area contributed by atoms with E-state index in [9.17, 15) is 13.2 Å². The van der Waals surface area contributed by atoms with Crippen LogP contribution in [0.3, 0.4) is 0 Å². The Morgan fingerprint density at radius 2 is 1.95 bits per heavy atom. The van der Waals surface area contributed by atoms with Gasteiger partial charge in [0.25, 0.3) is 5.91 Å². The summed E-state index contributed by atoms with van der Waals surface area (Å²) in [6.07, 6.45) is 1.60. The van der Waals surface area contributed by atoms with Crippen molar-refractivity contribution in [2.24, 2.45) is 17.6 Å². The molecule has 0 spiro atoms. The number of sulfonamides is 1. The molecule has 0 saturated heterocycles. The highest BCUT2D eigenvalue weighted by atomic mass is 35.5. The predicted octanol–water partition coefficient (Wildman–Crippen LogP) is 3.29. The van der Waals surface area contributed by atoms with E-state index in [4.69, 9.17) is 22.1 Å². The number of hydrogen-bond acceptors (Lipinski definition) is 7. The van der Waals surface area contributed by atoms with Gasteiger partial charge < -0.3 is 21.1 Å². The second kappa shape index (κ2) is 12.4. The number of nitrogens with two attached hydrogens (primary N) is 1. The Hall–Kier alpha value is -2.40. The molecule has 1 saturated carbocycles. The number of methoxy groups -OCH3 is 1. The van der Waals surface area contributed by atoms with E-state index in [-0.39, 0.29) is 23.0 Å². The third-order valence-corrected chi connectivity index (χ3v) is 9.27. The van der Waals surface area contributed by atoms with Crippen LogP contribution in [-0.2, 0) is 21.2 Å². The van der Waals surface area contributed by atoms with Gasteiger partial charge in [0.1, 0.15) is 5.82 Å². The molecule has 1 amide bonds. The van der Waals surface area contributed by atoms with Gasteiger partial charge in [0.2, 0.25) is 10.0 Å². The lowest BCUT2D eigenvalue weighted by molar-refractivity contribution is 0.0913. The Bertz CT molecular complexity index is 1180. The van der Waals surface area contributed by atoms with Crippen molar-refractivity contribution in [2.75, 3.05) is 36.9 Å². The van der Waals surface area contributed by atoms with E-state index in [1.807, 2.05) is 30.3 Å². The average Bonchev–Trinajstić information content (AvgIpc) is 3.57. The van der Waals surface area contributed by atoms with Crippen LogP contribution in [-0.4, -0.2) is 64.0 Å². The van der Waals surface area contributed by atoms with Crippen molar-refractivity contribution >= 4 is 39.2 Å². The quantitative estimate of drug-likeness (QED) is 0.348. The minimum Gasteiger partial charge on any atom is -0.383 e. The first kappa shape index (κ1) is 29.2. The number of nitrogens with one attached hydrogen (secondary N) is 2. The van der Waals surface area contributed by atoms with E-state index in [0.29, 0.717) is 30.6 Å². The summed E-state index contributed by atoms with van der Waals surface area (Å²) in [5, 5.41) is 5.51. The van der Waals surface area contributed by atoms with E-state index in [1.54, 1.807) is 27.0 Å². The maximum absolute atomic E-state index is 13.6. The van der Waals surface area contributed by atoms with E-state index in [2.05, 4.69) is 22.5 Å². The van der Waals surface area contributed by atoms with Crippen LogP contribution in [0.2, 0.25) is 5.02 Å². The molecule has 37 heavy (non-hydrogen) atoms. The van der Waals surface area contributed by atoms with Crippen LogP contribution >= 0.6 is 11.6 Å². The Morgan fingerprint density at radius 3 is 2.51 bits per heavy atom. The number of halogens is 1. The molecule has 1 aromatic heterocycles. The van der Waals surface area contributed by atoms with Crippen LogP contribution < -0.4 is 20.7 Å². The van der Waals surface area contributed by atoms with Crippen LogP contribution in [0.1, 0.15) is 43.1 Å². The fourth-order valence-electron chi connectivity index (χ4n) is 4.07. The summed E-state index contributed by atoms with van der Waals surface area (Å²) in [5.74, 6) is 1.04. The molecule has 0 unspecified atom stereocenters. The molecule has 11 heteroatoms. The van der Waals surface area contributed by atoms with Gasteiger partial charge in [0, 0.05) is 26.7 Å². The molecule has 9 nitrogen and oxygen atoms in total. The molecule has 4 N–H and O–H groups in total. The maximum atomic E-state index is 13.6. The van der Waals surface area contributed by atoms with E-state index >= 15 is 0 Å². The smallest absolute Gasteiger partial charge is 0.253 e. The van der Waals surface area contributed by atoms with Gasteiger partial charge >= 0.3 is 0 Å². The first-order valence-electron chi connectivity index (χ1n) is 12.5. The number of hydrogen-bond donors (Lipinski definition) is 3. The number of ether oxygens (including phenoxy) is 1. The third-order valence-electron chi connectivity index (χ3n) is 6.77. The SMILES string of the molecule is COC[C@H](N)[C@H](Cc1ccccc1)NC(=O)c1cc(NC[C@H]2C[C@@H]2C)nc(N(C)S(=O)(=O)C(C)C)c1Cl. The standard InChI is InChI=1S/C26H38ClN5O4S/c1-16(2)37(34,35)32(4)25-24(27)20(13-23(31-25)29-14-19-11-17(19)3)26(33)30-22(21(28)15-36-5)12-18-9-7-6-8-10-18/h6-10,13,16-17,19,21-22H,11-12,14-15,28H2,1-5H3,(H,29,31)(H,30,33)/t17-,19+,21-,22-/m0/s1. The fraction of sp³-hybridized carbons (Fsp3) is 0.538. The Morgan fingerprint density at radius 1 is 1.30 bits per heavy atom. The second-order valence-corrected chi connectivity index (χ2v) is 12.9. The zero-order valence-corrected chi connectivity index (χ0v) is 23.6. The van der Waals surface area contributed by atoms with Crippen LogP contribution in [0.5, 0.6) is 0 Å². The number of nitrogens with zero attached hydrogens (tertiary/aromatic N) is 2. The highest BCUT2D eigenvalue weighted by Crippen LogP contribution is 2.38. The molecular weight excluding hydrogens is 514 g/mol. The van der Waals surface area contributed by atoms with Crippen molar-refractivity contribution in [2.45, 2.75) is 50.9 Å². The van der Waals surface area contributed by atoms with Crippen molar-refractivity contribution < 1.29 is 17.9 Å². The summed E-state index contributed by atoms with van der Waals surface area (Å²) in [6.45, 7) is 6.25. The van der Waals surface area contributed by atoms with Gasteiger partial charge in [-0.15, -0.1) is 0 Å². The summed E-state index contributed by atoms with van der Waals surface area (Å²) >= 11 is 6.65. The largest absolute Gasteiger partial charge is 0.383 e. The number of amides is 1. The molecule has 204 valence electrons. The molecular formula is C26H38ClN5O4S. The molecule has 1 aliphatic carbocycles. The van der Waals surface area contributed by atoms with E-state index in [0.717, 1.165) is 16.3 Å². The van der Waals surface area contributed by atoms with E-state index < -0.39 is 33.3 Å². The molecule has 1 aromatic carbocycles. The molecule has 1 fully saturated rings. The first-order valence-corrected chi connectivity index (χ1v) is 14.3. The van der Waals surface area contributed by atoms with Crippen molar-refractivity contribution in [3.05, 3.63) is 52.5 Å². The summed E-state index contributed by atoms with van der Waals surface area (Å²) in [7, 11) is -0.787. The zero-order valence-electron chi connectivity index (χ0n) is 22.1. The monoisotopic (exact) mass is 551 g/mol. The summed E-state index contributed by atoms with van der Waals surface area (Å²) in [4.78, 5) is 18.1. The first-order chi connectivity index (χ1) is 17.4. The predicted molar refractivity (Wildman–Crippen MR) is 149 cm³/mol. The number of pyridine rings is 1. The highest BCUT2D eigenvalue weighted by Gasteiger charge is 2.33. The number of benzene rings is 1. The highest BCUT2D eigenvalue weighted by molar-refractivity contribution is 7.93. The fourth-order valence-corrected chi connectivity index (χ4v) is 5.43. The van der Waals surface area contributed by atoms with Crippen LogP contribution in [0.4, 0.5) is 11.6 Å². The van der Waals surface area contributed by atoms with Gasteiger partial charge in [0.15, 0.2) is 5.82 Å². The normalized spacial score (nSPS) is 18.8. The number of aromatic nitrogens is 1. The third kappa shape index (κ3) is 7.34. The Kier molecular flexibility index (Phi) is 9.80. The van der Waals surface area contributed by atoms with Crippen molar-refractivity contribution in [1.82, 2.24) is 10.3 Å². The lowest BCUT2D eigenvalue weighted by atomic mass is 9.99. The minimum absolute atomic E-state index is 0.00448. The number of carbonyl (C=O) groups is 1. The maximum Gasteiger partial charge on any atom is 0.253 e. The van der Waals surface area contributed by atoms with Crippen LogP contribution in [0, 0.1) is 11.8 Å². The van der Waals surface area contributed by atoms with Gasteiger partial charge in [-0.2, -0.15) is 0 Å². The molecule has 1 heterocycles. The zero-order chi connectivity index (χ0) is 27.3. The van der Waals surface area contributed by atoms with Gasteiger partial charge in [-0.1, -0.05) is 48.9 Å². The molecule has 2 aromatic rings. The minimum atomic E-state index is -3.73.